The number of hydrogen-bond donors (Lipinski definition) is 2. The van der Waals surface area contributed by atoms with E-state index in [9.17, 15) is 0 Å². The van der Waals surface area contributed by atoms with Crippen LogP contribution < -0.4 is 0 Å². The Hall–Kier alpha value is -0.990. The molecule has 0 saturated carbocycles. The van der Waals surface area contributed by atoms with E-state index in [1.807, 2.05) is 0 Å². The SMILES string of the molecule is C=C(CC)CC.O=C(O)O. The molecule has 0 aliphatic carbocycles. The molecule has 0 bridgehead atoms. The Morgan fingerprint density at radius 1 is 1.30 bits per heavy atom. The molecule has 0 aromatic rings. The lowest BCUT2D eigenvalue weighted by Crippen LogP contribution is -1.81. The van der Waals surface area contributed by atoms with Gasteiger partial charge in [0.1, 0.15) is 0 Å². The van der Waals surface area contributed by atoms with Gasteiger partial charge >= 0.3 is 6.16 Å². The minimum atomic E-state index is -1.83. The van der Waals surface area contributed by atoms with E-state index in [0.717, 1.165) is 12.8 Å². The first-order valence-electron chi connectivity index (χ1n) is 3.13. The van der Waals surface area contributed by atoms with E-state index in [1.54, 1.807) is 0 Å². The quantitative estimate of drug-likeness (QED) is 0.588. The van der Waals surface area contributed by atoms with Gasteiger partial charge in [0.2, 0.25) is 0 Å². The Kier molecular flexibility index (Phi) is 9.42. The Morgan fingerprint density at radius 2 is 1.50 bits per heavy atom. The molecule has 60 valence electrons. The van der Waals surface area contributed by atoms with Crippen molar-refractivity contribution in [3.8, 4) is 0 Å². The highest BCUT2D eigenvalue weighted by atomic mass is 16.6. The normalized spacial score (nSPS) is 7.40. The van der Waals surface area contributed by atoms with Gasteiger partial charge in [-0.1, -0.05) is 26.0 Å². The predicted molar refractivity (Wildman–Crippen MR) is 40.4 cm³/mol. The zero-order valence-electron chi connectivity index (χ0n) is 6.42. The van der Waals surface area contributed by atoms with Gasteiger partial charge in [0.05, 0.1) is 0 Å². The van der Waals surface area contributed by atoms with Crippen LogP contribution in [0.3, 0.4) is 0 Å². The first-order valence-corrected chi connectivity index (χ1v) is 3.13. The average Bonchev–Trinajstić information content (AvgIpc) is 1.85. The van der Waals surface area contributed by atoms with Gasteiger partial charge in [-0.2, -0.15) is 0 Å². The Morgan fingerprint density at radius 3 is 1.50 bits per heavy atom. The van der Waals surface area contributed by atoms with Crippen LogP contribution in [0.1, 0.15) is 26.7 Å². The Balaban J connectivity index is 0. The molecule has 0 unspecified atom stereocenters. The lowest BCUT2D eigenvalue weighted by Gasteiger charge is -1.89. The summed E-state index contributed by atoms with van der Waals surface area (Å²) in [7, 11) is 0. The van der Waals surface area contributed by atoms with Crippen LogP contribution in [0.4, 0.5) is 4.79 Å². The van der Waals surface area contributed by atoms with Gasteiger partial charge in [-0.15, -0.1) is 0 Å². The Bertz CT molecular complexity index is 97.4. The van der Waals surface area contributed by atoms with Crippen molar-refractivity contribution < 1.29 is 15.0 Å². The fourth-order valence-electron chi connectivity index (χ4n) is 0.250. The van der Waals surface area contributed by atoms with E-state index in [1.165, 1.54) is 5.57 Å². The maximum absolute atomic E-state index is 8.56. The van der Waals surface area contributed by atoms with Crippen LogP contribution in [0.25, 0.3) is 0 Å². The van der Waals surface area contributed by atoms with Gasteiger partial charge in [-0.25, -0.2) is 4.79 Å². The fraction of sp³-hybridized carbons (Fsp3) is 0.571. The monoisotopic (exact) mass is 146 g/mol. The van der Waals surface area contributed by atoms with Crippen molar-refractivity contribution >= 4 is 6.16 Å². The summed E-state index contributed by atoms with van der Waals surface area (Å²) in [4.78, 5) is 8.56. The summed E-state index contributed by atoms with van der Waals surface area (Å²) in [6.45, 7) is 8.05. The van der Waals surface area contributed by atoms with Crippen LogP contribution in [0.2, 0.25) is 0 Å². The largest absolute Gasteiger partial charge is 0.503 e. The van der Waals surface area contributed by atoms with Crippen LogP contribution in [-0.4, -0.2) is 16.4 Å². The zero-order valence-corrected chi connectivity index (χ0v) is 6.42. The van der Waals surface area contributed by atoms with Crippen molar-refractivity contribution in [1.82, 2.24) is 0 Å². The second kappa shape index (κ2) is 8.01. The second-order valence-corrected chi connectivity index (χ2v) is 1.74. The number of carbonyl (C=O) groups is 1. The molecular weight excluding hydrogens is 132 g/mol. The van der Waals surface area contributed by atoms with Crippen molar-refractivity contribution in [1.29, 1.82) is 0 Å². The van der Waals surface area contributed by atoms with Crippen molar-refractivity contribution in [3.63, 3.8) is 0 Å². The van der Waals surface area contributed by atoms with E-state index in [-0.39, 0.29) is 0 Å². The summed E-state index contributed by atoms with van der Waals surface area (Å²) in [5, 5.41) is 13.9. The first-order chi connectivity index (χ1) is 4.54. The first kappa shape index (κ1) is 11.8. The summed E-state index contributed by atoms with van der Waals surface area (Å²) in [6.07, 6.45) is 0.437. The topological polar surface area (TPSA) is 57.5 Å². The highest BCUT2D eigenvalue weighted by Crippen LogP contribution is 1.98. The van der Waals surface area contributed by atoms with Crippen LogP contribution in [0.5, 0.6) is 0 Å². The number of rotatable bonds is 2. The van der Waals surface area contributed by atoms with Gasteiger partial charge in [-0.3, -0.25) is 0 Å². The highest BCUT2D eigenvalue weighted by molar-refractivity contribution is 5.53. The number of hydrogen-bond acceptors (Lipinski definition) is 1. The molecule has 0 radical (unpaired) electrons. The molecule has 0 aliphatic heterocycles. The number of carboxylic acid groups (broad SMARTS) is 2. The lowest BCUT2D eigenvalue weighted by atomic mass is 10.2. The molecule has 0 aliphatic rings. The molecule has 0 aromatic heterocycles. The second-order valence-electron chi connectivity index (χ2n) is 1.74. The van der Waals surface area contributed by atoms with Crippen LogP contribution in [-0.2, 0) is 0 Å². The third-order valence-corrected chi connectivity index (χ3v) is 1.000. The molecule has 0 heterocycles. The third-order valence-electron chi connectivity index (χ3n) is 1.000. The molecular formula is C7H14O3. The van der Waals surface area contributed by atoms with Crippen molar-refractivity contribution in [2.45, 2.75) is 26.7 Å². The van der Waals surface area contributed by atoms with Crippen molar-refractivity contribution in [3.05, 3.63) is 12.2 Å². The fourth-order valence-corrected chi connectivity index (χ4v) is 0.250. The highest BCUT2D eigenvalue weighted by Gasteiger charge is 1.78. The van der Waals surface area contributed by atoms with E-state index in [4.69, 9.17) is 15.0 Å². The van der Waals surface area contributed by atoms with Gasteiger partial charge in [-0.05, 0) is 12.8 Å². The summed E-state index contributed by atoms with van der Waals surface area (Å²) < 4.78 is 0. The lowest BCUT2D eigenvalue weighted by molar-refractivity contribution is 0.137. The molecule has 0 fully saturated rings. The van der Waals surface area contributed by atoms with Crippen molar-refractivity contribution in [2.24, 2.45) is 0 Å². The van der Waals surface area contributed by atoms with Crippen LogP contribution in [0, 0.1) is 0 Å². The predicted octanol–water partition coefficient (Wildman–Crippen LogP) is 2.58. The summed E-state index contributed by atoms with van der Waals surface area (Å²) in [6, 6.07) is 0. The van der Waals surface area contributed by atoms with E-state index < -0.39 is 6.16 Å². The van der Waals surface area contributed by atoms with E-state index >= 15 is 0 Å². The maximum Gasteiger partial charge on any atom is 0.503 e. The maximum atomic E-state index is 8.56. The summed E-state index contributed by atoms with van der Waals surface area (Å²) in [5.74, 6) is 0. The average molecular weight is 146 g/mol. The van der Waals surface area contributed by atoms with Crippen molar-refractivity contribution in [2.75, 3.05) is 0 Å². The number of allylic oxidation sites excluding steroid dienone is 1. The molecule has 3 heteroatoms. The van der Waals surface area contributed by atoms with Crippen LogP contribution in [0.15, 0.2) is 12.2 Å². The molecule has 10 heavy (non-hydrogen) atoms. The third kappa shape index (κ3) is 27.9. The molecule has 0 atom stereocenters. The zero-order chi connectivity index (χ0) is 8.57. The molecule has 0 rings (SSSR count). The Labute approximate surface area is 61.0 Å². The molecule has 0 spiro atoms. The molecule has 2 N–H and O–H groups in total. The minimum absolute atomic E-state index is 1.14. The molecule has 0 aromatic carbocycles. The smallest absolute Gasteiger partial charge is 0.450 e. The molecule has 0 saturated heterocycles. The molecule has 3 nitrogen and oxygen atoms in total. The van der Waals surface area contributed by atoms with Crippen LogP contribution >= 0.6 is 0 Å². The summed E-state index contributed by atoms with van der Waals surface area (Å²) in [5.41, 5.74) is 1.34. The minimum Gasteiger partial charge on any atom is -0.450 e. The summed E-state index contributed by atoms with van der Waals surface area (Å²) >= 11 is 0. The van der Waals surface area contributed by atoms with Gasteiger partial charge in [0.15, 0.2) is 0 Å². The van der Waals surface area contributed by atoms with Gasteiger partial charge in [0, 0.05) is 0 Å². The van der Waals surface area contributed by atoms with E-state index in [2.05, 4.69) is 20.4 Å². The standard InChI is InChI=1S/C6H12.CH2O3/c1-4-6(3)5-2;2-1(3)4/h3-5H2,1-2H3;(H2,2,3,4). The van der Waals surface area contributed by atoms with Gasteiger partial charge < -0.3 is 10.2 Å². The molecule has 0 amide bonds. The van der Waals surface area contributed by atoms with E-state index in [0.29, 0.717) is 0 Å². The van der Waals surface area contributed by atoms with Gasteiger partial charge in [0.25, 0.3) is 0 Å².